The average molecular weight is 281 g/mol. The van der Waals surface area contributed by atoms with Crippen molar-refractivity contribution in [1.82, 2.24) is 4.57 Å². The van der Waals surface area contributed by atoms with E-state index in [1.54, 1.807) is 0 Å². The molecule has 0 spiro atoms. The summed E-state index contributed by atoms with van der Waals surface area (Å²) >= 11 is 0. The van der Waals surface area contributed by atoms with Crippen molar-refractivity contribution in [3.8, 4) is 0 Å². The first-order chi connectivity index (χ1) is 10.4. The van der Waals surface area contributed by atoms with Crippen LogP contribution >= 0.6 is 0 Å². The molecule has 1 aromatic heterocycles. The van der Waals surface area contributed by atoms with Gasteiger partial charge >= 0.3 is 0 Å². The molecule has 0 amide bonds. The van der Waals surface area contributed by atoms with Crippen LogP contribution in [-0.4, -0.2) is 11.2 Å². The van der Waals surface area contributed by atoms with Gasteiger partial charge in [0.2, 0.25) is 0 Å². The molecule has 0 N–H and O–H groups in total. The summed E-state index contributed by atoms with van der Waals surface area (Å²) in [6.45, 7) is 5.05. The van der Waals surface area contributed by atoms with Gasteiger partial charge in [-0.05, 0) is 31.9 Å². The second-order valence-corrected chi connectivity index (χ2v) is 5.46. The monoisotopic (exact) mass is 281 g/mol. The lowest BCUT2D eigenvalue weighted by Crippen LogP contribution is -2.12. The first-order valence-electron chi connectivity index (χ1n) is 7.96. The highest BCUT2D eigenvalue weighted by molar-refractivity contribution is 6.08. The summed E-state index contributed by atoms with van der Waals surface area (Å²) in [6, 6.07) is 17.3. The zero-order chi connectivity index (χ0) is 14.7. The molecule has 3 aromatic rings. The number of para-hydroxylation sites is 2. The Morgan fingerprint density at radius 2 is 1.48 bits per heavy atom. The number of benzene rings is 2. The maximum atomic E-state index is 6.07. The third-order valence-corrected chi connectivity index (χ3v) is 4.07. The fourth-order valence-corrected chi connectivity index (χ4v) is 3.12. The summed E-state index contributed by atoms with van der Waals surface area (Å²) in [7, 11) is 0. The number of ether oxygens (including phenoxy) is 1. The molecule has 21 heavy (non-hydrogen) atoms. The van der Waals surface area contributed by atoms with Crippen molar-refractivity contribution in [2.45, 2.75) is 39.3 Å². The predicted octanol–water partition coefficient (Wildman–Crippen LogP) is 5.52. The Hall–Kier alpha value is -1.80. The molecular formula is C19H23NO. The van der Waals surface area contributed by atoms with Gasteiger partial charge in [0.25, 0.3) is 0 Å². The number of aromatic nitrogens is 1. The lowest BCUT2D eigenvalue weighted by molar-refractivity contribution is 0.00866. The van der Waals surface area contributed by atoms with Crippen molar-refractivity contribution < 1.29 is 4.74 Å². The summed E-state index contributed by atoms with van der Waals surface area (Å²) in [5.41, 5.74) is 2.54. The Kier molecular flexibility index (Phi) is 4.26. The summed E-state index contributed by atoms with van der Waals surface area (Å²) in [6.07, 6.45) is 3.57. The fourth-order valence-electron chi connectivity index (χ4n) is 3.12. The number of fused-ring (bicyclic) bond motifs is 3. The standard InChI is InChI=1S/C19H23NO/c1-3-5-14-19(21-4-2)20-17-12-8-6-10-15(17)16-11-7-9-13-18(16)20/h6-13,19H,3-5,14H2,1-2H3/t19-/m0/s1. The summed E-state index contributed by atoms with van der Waals surface area (Å²) in [5.74, 6) is 0. The van der Waals surface area contributed by atoms with Crippen LogP contribution in [0, 0.1) is 0 Å². The number of hydrogen-bond donors (Lipinski definition) is 0. The van der Waals surface area contributed by atoms with E-state index in [1.165, 1.54) is 34.6 Å². The van der Waals surface area contributed by atoms with E-state index in [0.29, 0.717) is 0 Å². The molecule has 0 aliphatic carbocycles. The number of hydrogen-bond acceptors (Lipinski definition) is 1. The summed E-state index contributed by atoms with van der Waals surface area (Å²) < 4.78 is 8.45. The van der Waals surface area contributed by atoms with Crippen molar-refractivity contribution >= 4 is 21.8 Å². The highest BCUT2D eigenvalue weighted by atomic mass is 16.5. The topological polar surface area (TPSA) is 14.2 Å². The van der Waals surface area contributed by atoms with Crippen LogP contribution in [0.25, 0.3) is 21.8 Å². The molecule has 0 bridgehead atoms. The Morgan fingerprint density at radius 3 is 2.00 bits per heavy atom. The van der Waals surface area contributed by atoms with E-state index in [-0.39, 0.29) is 6.23 Å². The van der Waals surface area contributed by atoms with Gasteiger partial charge in [-0.25, -0.2) is 0 Å². The van der Waals surface area contributed by atoms with Crippen molar-refractivity contribution in [3.63, 3.8) is 0 Å². The van der Waals surface area contributed by atoms with Gasteiger partial charge in [-0.3, -0.25) is 0 Å². The highest BCUT2D eigenvalue weighted by Gasteiger charge is 2.17. The molecule has 110 valence electrons. The van der Waals surface area contributed by atoms with Crippen molar-refractivity contribution in [2.24, 2.45) is 0 Å². The maximum absolute atomic E-state index is 6.07. The molecule has 0 saturated carbocycles. The van der Waals surface area contributed by atoms with E-state index < -0.39 is 0 Å². The van der Waals surface area contributed by atoms with Crippen LogP contribution < -0.4 is 0 Å². The van der Waals surface area contributed by atoms with Crippen molar-refractivity contribution in [1.29, 1.82) is 0 Å². The minimum absolute atomic E-state index is 0.125. The minimum Gasteiger partial charge on any atom is -0.358 e. The zero-order valence-corrected chi connectivity index (χ0v) is 12.9. The molecule has 1 heterocycles. The second kappa shape index (κ2) is 6.31. The summed E-state index contributed by atoms with van der Waals surface area (Å²) in [4.78, 5) is 0. The zero-order valence-electron chi connectivity index (χ0n) is 12.9. The van der Waals surface area contributed by atoms with E-state index in [1.807, 2.05) is 0 Å². The molecule has 3 rings (SSSR count). The normalized spacial score (nSPS) is 13.0. The van der Waals surface area contributed by atoms with Crippen LogP contribution in [0.5, 0.6) is 0 Å². The van der Waals surface area contributed by atoms with Crippen LogP contribution in [0.2, 0.25) is 0 Å². The van der Waals surface area contributed by atoms with Crippen LogP contribution in [0.15, 0.2) is 48.5 Å². The lowest BCUT2D eigenvalue weighted by Gasteiger charge is -2.21. The van der Waals surface area contributed by atoms with E-state index in [4.69, 9.17) is 4.74 Å². The SMILES string of the molecule is CCCC[C@H](OCC)n1c2ccccc2c2ccccc21. The summed E-state index contributed by atoms with van der Waals surface area (Å²) in [5, 5.41) is 2.63. The Bertz CT molecular complexity index is 675. The van der Waals surface area contributed by atoms with E-state index in [0.717, 1.165) is 13.0 Å². The van der Waals surface area contributed by atoms with Crippen LogP contribution in [0.3, 0.4) is 0 Å². The predicted molar refractivity (Wildman–Crippen MR) is 89.6 cm³/mol. The lowest BCUT2D eigenvalue weighted by atomic mass is 10.2. The first-order valence-corrected chi connectivity index (χ1v) is 7.96. The largest absolute Gasteiger partial charge is 0.358 e. The second-order valence-electron chi connectivity index (χ2n) is 5.46. The van der Waals surface area contributed by atoms with Gasteiger partial charge in [0.05, 0.1) is 11.0 Å². The molecule has 2 heteroatoms. The quantitative estimate of drug-likeness (QED) is 0.580. The third-order valence-electron chi connectivity index (χ3n) is 4.07. The minimum atomic E-state index is 0.125. The molecule has 1 atom stereocenters. The van der Waals surface area contributed by atoms with E-state index in [2.05, 4.69) is 66.9 Å². The fraction of sp³-hybridized carbons (Fsp3) is 0.368. The van der Waals surface area contributed by atoms with Gasteiger partial charge in [0.1, 0.15) is 6.23 Å². The van der Waals surface area contributed by atoms with Gasteiger partial charge in [-0.2, -0.15) is 0 Å². The molecule has 0 aliphatic rings. The van der Waals surface area contributed by atoms with Crippen molar-refractivity contribution in [3.05, 3.63) is 48.5 Å². The average Bonchev–Trinajstić information content (AvgIpc) is 2.86. The van der Waals surface area contributed by atoms with Gasteiger partial charge in [-0.15, -0.1) is 0 Å². The molecule has 0 fully saturated rings. The smallest absolute Gasteiger partial charge is 0.134 e. The van der Waals surface area contributed by atoms with E-state index in [9.17, 15) is 0 Å². The molecule has 2 aromatic carbocycles. The van der Waals surface area contributed by atoms with Crippen LogP contribution in [0.1, 0.15) is 39.3 Å². The van der Waals surface area contributed by atoms with Crippen LogP contribution in [0.4, 0.5) is 0 Å². The molecule has 2 nitrogen and oxygen atoms in total. The number of unbranched alkanes of at least 4 members (excludes halogenated alkanes) is 1. The molecular weight excluding hydrogens is 258 g/mol. The highest BCUT2D eigenvalue weighted by Crippen LogP contribution is 2.33. The Balaban J connectivity index is 2.21. The van der Waals surface area contributed by atoms with Crippen molar-refractivity contribution in [2.75, 3.05) is 6.61 Å². The van der Waals surface area contributed by atoms with Gasteiger partial charge in [-0.1, -0.05) is 49.7 Å². The molecule has 0 saturated heterocycles. The third kappa shape index (κ3) is 2.56. The van der Waals surface area contributed by atoms with Crippen LogP contribution in [-0.2, 0) is 4.74 Å². The number of nitrogens with zero attached hydrogens (tertiary/aromatic N) is 1. The molecule has 0 unspecified atom stereocenters. The van der Waals surface area contributed by atoms with Gasteiger partial charge < -0.3 is 9.30 Å². The molecule has 0 aliphatic heterocycles. The Labute approximate surface area is 126 Å². The Morgan fingerprint density at radius 1 is 0.905 bits per heavy atom. The first kappa shape index (κ1) is 14.2. The van der Waals surface area contributed by atoms with Gasteiger partial charge in [0.15, 0.2) is 0 Å². The number of rotatable bonds is 6. The molecule has 0 radical (unpaired) electrons. The van der Waals surface area contributed by atoms with Gasteiger partial charge in [0, 0.05) is 17.4 Å². The maximum Gasteiger partial charge on any atom is 0.134 e. The van der Waals surface area contributed by atoms with E-state index >= 15 is 0 Å².